The number of halogens is 1. The lowest BCUT2D eigenvalue weighted by atomic mass is 10.2. The standard InChI is InChI=1S/C11H10ClN3O2/c1-8-6-14(13-11(8)15(16)17)7-9-4-2-3-5-10(9)12/h2-6H,7H2,1H3. The van der Waals surface area contributed by atoms with Gasteiger partial charge in [0.05, 0.1) is 23.4 Å². The Morgan fingerprint density at radius 2 is 2.18 bits per heavy atom. The molecule has 0 saturated heterocycles. The molecule has 0 aliphatic rings. The smallest absolute Gasteiger partial charge is 0.358 e. The molecule has 6 heteroatoms. The molecule has 1 aromatic carbocycles. The van der Waals surface area contributed by atoms with Gasteiger partial charge < -0.3 is 10.1 Å². The third kappa shape index (κ3) is 2.45. The Morgan fingerprint density at radius 3 is 2.76 bits per heavy atom. The number of rotatable bonds is 3. The highest BCUT2D eigenvalue weighted by atomic mass is 35.5. The van der Waals surface area contributed by atoms with Crippen molar-refractivity contribution in [2.45, 2.75) is 13.5 Å². The minimum atomic E-state index is -0.488. The van der Waals surface area contributed by atoms with Crippen LogP contribution in [0.1, 0.15) is 11.1 Å². The van der Waals surface area contributed by atoms with Gasteiger partial charge in [-0.25, -0.2) is 0 Å². The number of aryl methyl sites for hydroxylation is 1. The maximum absolute atomic E-state index is 10.7. The summed E-state index contributed by atoms with van der Waals surface area (Å²) in [5, 5.41) is 15.2. The monoisotopic (exact) mass is 251 g/mol. The van der Waals surface area contributed by atoms with Crippen LogP contribution in [0, 0.1) is 17.0 Å². The summed E-state index contributed by atoms with van der Waals surface area (Å²) in [6.07, 6.45) is 1.64. The summed E-state index contributed by atoms with van der Waals surface area (Å²) in [7, 11) is 0. The molecular formula is C11H10ClN3O2. The fourth-order valence-electron chi connectivity index (χ4n) is 1.57. The SMILES string of the molecule is Cc1cn(Cc2ccccc2Cl)nc1[N+](=O)[O-]. The van der Waals surface area contributed by atoms with E-state index in [-0.39, 0.29) is 5.82 Å². The molecule has 0 spiro atoms. The first kappa shape index (κ1) is 11.6. The van der Waals surface area contributed by atoms with E-state index in [0.29, 0.717) is 17.1 Å². The molecule has 0 unspecified atom stereocenters. The van der Waals surface area contributed by atoms with Gasteiger partial charge in [-0.3, -0.25) is 0 Å². The molecule has 0 fully saturated rings. The molecule has 1 aromatic heterocycles. The van der Waals surface area contributed by atoms with E-state index in [0.717, 1.165) is 5.56 Å². The zero-order valence-electron chi connectivity index (χ0n) is 9.13. The quantitative estimate of drug-likeness (QED) is 0.622. The molecule has 0 bridgehead atoms. The number of benzene rings is 1. The molecule has 0 atom stereocenters. The van der Waals surface area contributed by atoms with Gasteiger partial charge in [-0.15, -0.1) is 0 Å². The molecular weight excluding hydrogens is 242 g/mol. The third-order valence-corrected chi connectivity index (χ3v) is 2.75. The molecule has 17 heavy (non-hydrogen) atoms. The van der Waals surface area contributed by atoms with Crippen molar-refractivity contribution in [1.82, 2.24) is 9.78 Å². The van der Waals surface area contributed by atoms with E-state index in [4.69, 9.17) is 11.6 Å². The summed E-state index contributed by atoms with van der Waals surface area (Å²) >= 11 is 6.01. The summed E-state index contributed by atoms with van der Waals surface area (Å²) in [4.78, 5) is 10.2. The lowest BCUT2D eigenvalue weighted by molar-refractivity contribution is -0.390. The van der Waals surface area contributed by atoms with Crippen LogP contribution in [0.25, 0.3) is 0 Å². The maximum atomic E-state index is 10.7. The van der Waals surface area contributed by atoms with Crippen molar-refractivity contribution in [3.63, 3.8) is 0 Å². The van der Waals surface area contributed by atoms with Crippen LogP contribution in [-0.2, 0) is 6.54 Å². The van der Waals surface area contributed by atoms with Crippen molar-refractivity contribution < 1.29 is 4.92 Å². The minimum Gasteiger partial charge on any atom is -0.358 e. The van der Waals surface area contributed by atoms with Gasteiger partial charge in [0.2, 0.25) is 0 Å². The van der Waals surface area contributed by atoms with Crippen molar-refractivity contribution in [3.8, 4) is 0 Å². The van der Waals surface area contributed by atoms with Crippen molar-refractivity contribution >= 4 is 17.4 Å². The Labute approximate surface area is 103 Å². The van der Waals surface area contributed by atoms with Gasteiger partial charge in [-0.1, -0.05) is 29.8 Å². The topological polar surface area (TPSA) is 61.0 Å². The van der Waals surface area contributed by atoms with Crippen molar-refractivity contribution in [1.29, 1.82) is 0 Å². The molecule has 0 aliphatic carbocycles. The van der Waals surface area contributed by atoms with E-state index < -0.39 is 4.92 Å². The van der Waals surface area contributed by atoms with Crippen molar-refractivity contribution in [2.24, 2.45) is 0 Å². The normalized spacial score (nSPS) is 10.5. The van der Waals surface area contributed by atoms with E-state index in [1.54, 1.807) is 19.2 Å². The highest BCUT2D eigenvalue weighted by Gasteiger charge is 2.17. The highest BCUT2D eigenvalue weighted by molar-refractivity contribution is 6.31. The third-order valence-electron chi connectivity index (χ3n) is 2.38. The molecule has 2 rings (SSSR count). The summed E-state index contributed by atoms with van der Waals surface area (Å²) in [5.41, 5.74) is 1.42. The van der Waals surface area contributed by atoms with E-state index in [1.807, 2.05) is 18.2 Å². The van der Waals surface area contributed by atoms with Crippen LogP contribution in [0.4, 0.5) is 5.82 Å². The lowest BCUT2D eigenvalue weighted by Crippen LogP contribution is -2.01. The van der Waals surface area contributed by atoms with Crippen molar-refractivity contribution in [2.75, 3.05) is 0 Å². The first-order valence-corrected chi connectivity index (χ1v) is 5.37. The first-order valence-electron chi connectivity index (χ1n) is 5.00. The summed E-state index contributed by atoms with van der Waals surface area (Å²) in [6.45, 7) is 2.09. The second-order valence-electron chi connectivity index (χ2n) is 3.68. The maximum Gasteiger partial charge on any atom is 0.392 e. The largest absolute Gasteiger partial charge is 0.392 e. The van der Waals surface area contributed by atoms with Crippen LogP contribution in [0.3, 0.4) is 0 Å². The number of hydrogen-bond donors (Lipinski definition) is 0. The fourth-order valence-corrected chi connectivity index (χ4v) is 1.77. The van der Waals surface area contributed by atoms with Crippen LogP contribution >= 0.6 is 11.6 Å². The fraction of sp³-hybridized carbons (Fsp3) is 0.182. The van der Waals surface area contributed by atoms with E-state index >= 15 is 0 Å². The molecule has 2 aromatic rings. The Kier molecular flexibility index (Phi) is 3.10. The summed E-state index contributed by atoms with van der Waals surface area (Å²) < 4.78 is 1.52. The van der Waals surface area contributed by atoms with Gasteiger partial charge in [0.15, 0.2) is 0 Å². The molecule has 0 saturated carbocycles. The molecule has 5 nitrogen and oxygen atoms in total. The lowest BCUT2D eigenvalue weighted by Gasteiger charge is -2.00. The van der Waals surface area contributed by atoms with Crippen LogP contribution in [-0.4, -0.2) is 14.7 Å². The number of nitrogens with zero attached hydrogens (tertiary/aromatic N) is 3. The zero-order chi connectivity index (χ0) is 12.4. The van der Waals surface area contributed by atoms with Gasteiger partial charge in [0.25, 0.3) is 0 Å². The average molecular weight is 252 g/mol. The Balaban J connectivity index is 2.28. The molecule has 0 N–H and O–H groups in total. The molecule has 0 aliphatic heterocycles. The highest BCUT2D eigenvalue weighted by Crippen LogP contribution is 2.18. The summed E-state index contributed by atoms with van der Waals surface area (Å²) in [6, 6.07) is 7.35. The predicted octanol–water partition coefficient (Wildman–Crippen LogP) is 2.80. The van der Waals surface area contributed by atoms with Gasteiger partial charge in [-0.05, 0) is 23.5 Å². The van der Waals surface area contributed by atoms with Gasteiger partial charge in [-0.2, -0.15) is 4.68 Å². The predicted molar refractivity (Wildman–Crippen MR) is 64.2 cm³/mol. The molecule has 0 radical (unpaired) electrons. The molecule has 0 amide bonds. The first-order chi connectivity index (χ1) is 8.08. The van der Waals surface area contributed by atoms with E-state index in [1.165, 1.54) is 4.68 Å². The Hall–Kier alpha value is -1.88. The van der Waals surface area contributed by atoms with Crippen molar-refractivity contribution in [3.05, 3.63) is 56.7 Å². The zero-order valence-corrected chi connectivity index (χ0v) is 9.89. The van der Waals surface area contributed by atoms with Crippen LogP contribution in [0.5, 0.6) is 0 Å². The van der Waals surface area contributed by atoms with Gasteiger partial charge in [0.1, 0.15) is 0 Å². The van der Waals surface area contributed by atoms with Gasteiger partial charge in [0, 0.05) is 5.02 Å². The second-order valence-corrected chi connectivity index (χ2v) is 4.09. The van der Waals surface area contributed by atoms with Crippen LogP contribution < -0.4 is 0 Å². The average Bonchev–Trinajstić information content (AvgIpc) is 2.63. The van der Waals surface area contributed by atoms with E-state index in [9.17, 15) is 10.1 Å². The minimum absolute atomic E-state index is 0.114. The Bertz CT molecular complexity index is 566. The number of hydrogen-bond acceptors (Lipinski definition) is 3. The second kappa shape index (κ2) is 4.55. The Morgan fingerprint density at radius 1 is 1.47 bits per heavy atom. The molecule has 1 heterocycles. The van der Waals surface area contributed by atoms with E-state index in [2.05, 4.69) is 5.10 Å². The number of nitro groups is 1. The summed E-state index contributed by atoms with van der Waals surface area (Å²) in [5.74, 6) is -0.114. The number of aromatic nitrogens is 2. The van der Waals surface area contributed by atoms with Crippen LogP contribution in [0.15, 0.2) is 30.5 Å². The van der Waals surface area contributed by atoms with Crippen LogP contribution in [0.2, 0.25) is 5.02 Å². The van der Waals surface area contributed by atoms with Gasteiger partial charge >= 0.3 is 5.82 Å². The molecule has 88 valence electrons.